The summed E-state index contributed by atoms with van der Waals surface area (Å²) in [4.78, 5) is 37.2. The van der Waals surface area contributed by atoms with Crippen LogP contribution in [0.25, 0.3) is 6.08 Å². The molecule has 2 amide bonds. The lowest BCUT2D eigenvalue weighted by atomic mass is 10.0. The van der Waals surface area contributed by atoms with Gasteiger partial charge in [-0.25, -0.2) is 0 Å². The van der Waals surface area contributed by atoms with E-state index >= 15 is 0 Å². The van der Waals surface area contributed by atoms with Gasteiger partial charge in [-0.05, 0) is 44.5 Å². The summed E-state index contributed by atoms with van der Waals surface area (Å²) in [5.74, 6) is -1.77. The molecule has 1 aliphatic rings. The summed E-state index contributed by atoms with van der Waals surface area (Å²) >= 11 is 0. The van der Waals surface area contributed by atoms with Crippen LogP contribution in [0.2, 0.25) is 0 Å². The summed E-state index contributed by atoms with van der Waals surface area (Å²) in [7, 11) is 1.32. The molecular formula is C20H20N4O4. The fourth-order valence-corrected chi connectivity index (χ4v) is 3.06. The number of aryl methyl sites for hydroxylation is 1. The number of rotatable bonds is 3. The predicted octanol–water partition coefficient (Wildman–Crippen LogP) is 1.61. The fraction of sp³-hybridized carbons (Fsp3) is 0.200. The maximum atomic E-state index is 12.9. The van der Waals surface area contributed by atoms with Crippen molar-refractivity contribution in [1.82, 2.24) is 4.57 Å². The zero-order valence-electron chi connectivity index (χ0n) is 16.0. The normalized spacial score (nSPS) is 15.3. The molecule has 3 rings (SSSR count). The Morgan fingerprint density at radius 1 is 1.14 bits per heavy atom. The molecule has 144 valence electrons. The third-order valence-corrected chi connectivity index (χ3v) is 4.73. The van der Waals surface area contributed by atoms with Crippen LogP contribution < -0.4 is 16.3 Å². The average Bonchev–Trinajstić information content (AvgIpc) is 2.91. The second-order valence-corrected chi connectivity index (χ2v) is 6.66. The highest BCUT2D eigenvalue weighted by molar-refractivity contribution is 6.32. The van der Waals surface area contributed by atoms with Crippen LogP contribution in [0.3, 0.4) is 0 Å². The van der Waals surface area contributed by atoms with E-state index in [1.807, 2.05) is 19.1 Å². The third kappa shape index (κ3) is 2.98. The van der Waals surface area contributed by atoms with Gasteiger partial charge in [0.1, 0.15) is 5.56 Å². The molecule has 1 aromatic carbocycles. The highest BCUT2D eigenvalue weighted by Gasteiger charge is 2.30. The molecule has 0 spiro atoms. The van der Waals surface area contributed by atoms with E-state index in [0.717, 1.165) is 10.1 Å². The molecule has 28 heavy (non-hydrogen) atoms. The number of hydrogen-bond donors (Lipinski definition) is 2. The second-order valence-electron chi connectivity index (χ2n) is 6.66. The first-order valence-corrected chi connectivity index (χ1v) is 8.54. The maximum Gasteiger partial charge on any atom is 0.280 e. The van der Waals surface area contributed by atoms with Crippen molar-refractivity contribution in [2.24, 2.45) is 17.9 Å². The van der Waals surface area contributed by atoms with Crippen molar-refractivity contribution in [1.29, 1.82) is 0 Å². The molecule has 2 heterocycles. The Labute approximate surface area is 161 Å². The van der Waals surface area contributed by atoms with E-state index in [0.29, 0.717) is 11.4 Å². The minimum atomic E-state index is -0.866. The molecule has 8 heteroatoms. The van der Waals surface area contributed by atoms with E-state index < -0.39 is 23.3 Å². The van der Waals surface area contributed by atoms with Gasteiger partial charge in [0, 0.05) is 12.6 Å². The maximum absolute atomic E-state index is 12.9. The minimum absolute atomic E-state index is 0.0951. The first-order valence-electron chi connectivity index (χ1n) is 8.54. The largest absolute Gasteiger partial charge is 0.494 e. The van der Waals surface area contributed by atoms with Gasteiger partial charge in [-0.3, -0.25) is 19.0 Å². The van der Waals surface area contributed by atoms with Crippen LogP contribution in [0, 0.1) is 13.8 Å². The Balaban J connectivity index is 2.14. The van der Waals surface area contributed by atoms with Crippen LogP contribution >= 0.6 is 0 Å². The quantitative estimate of drug-likeness (QED) is 0.787. The molecule has 0 fully saturated rings. The van der Waals surface area contributed by atoms with Gasteiger partial charge in [0.25, 0.3) is 17.4 Å². The average molecular weight is 380 g/mol. The van der Waals surface area contributed by atoms with Crippen LogP contribution in [-0.4, -0.2) is 27.2 Å². The van der Waals surface area contributed by atoms with Crippen LogP contribution in [0.1, 0.15) is 34.0 Å². The molecular weight excluding hydrogens is 360 g/mol. The lowest BCUT2D eigenvalue weighted by molar-refractivity contribution is -0.114. The molecule has 0 aliphatic carbocycles. The van der Waals surface area contributed by atoms with E-state index in [-0.39, 0.29) is 22.3 Å². The number of hydrogen-bond acceptors (Lipinski definition) is 5. The number of carbonyl (C=O) groups excluding carboxylic acids is 2. The van der Waals surface area contributed by atoms with Gasteiger partial charge in [0.05, 0.1) is 17.0 Å². The molecule has 3 N–H and O–H groups in total. The van der Waals surface area contributed by atoms with Gasteiger partial charge in [0.2, 0.25) is 5.88 Å². The van der Waals surface area contributed by atoms with Gasteiger partial charge in [0.15, 0.2) is 0 Å². The molecule has 0 radical (unpaired) electrons. The van der Waals surface area contributed by atoms with Crippen molar-refractivity contribution in [3.8, 4) is 5.88 Å². The van der Waals surface area contributed by atoms with Gasteiger partial charge < -0.3 is 10.8 Å². The van der Waals surface area contributed by atoms with Crippen LogP contribution in [-0.2, 0) is 11.8 Å². The van der Waals surface area contributed by atoms with Crippen LogP contribution in [0.5, 0.6) is 5.88 Å². The molecule has 0 saturated heterocycles. The lowest BCUT2D eigenvalue weighted by Gasteiger charge is -2.13. The number of nitrogens with zero attached hydrogens (tertiary/aromatic N) is 3. The fourth-order valence-electron chi connectivity index (χ4n) is 3.06. The molecule has 1 aromatic heterocycles. The molecule has 1 aliphatic heterocycles. The number of anilines is 1. The van der Waals surface area contributed by atoms with Gasteiger partial charge in [-0.1, -0.05) is 17.7 Å². The number of pyridine rings is 1. The molecule has 0 unspecified atom stereocenters. The summed E-state index contributed by atoms with van der Waals surface area (Å²) in [5, 5.41) is 15.6. The highest BCUT2D eigenvalue weighted by Crippen LogP contribution is 2.27. The summed E-state index contributed by atoms with van der Waals surface area (Å²) in [5.41, 5.74) is 7.23. The summed E-state index contributed by atoms with van der Waals surface area (Å²) in [6.07, 6.45) is 1.39. The van der Waals surface area contributed by atoms with Gasteiger partial charge >= 0.3 is 0 Å². The first-order chi connectivity index (χ1) is 13.1. The second kappa shape index (κ2) is 6.80. The van der Waals surface area contributed by atoms with Crippen molar-refractivity contribution in [3.63, 3.8) is 0 Å². The Kier molecular flexibility index (Phi) is 4.64. The first kappa shape index (κ1) is 19.1. The summed E-state index contributed by atoms with van der Waals surface area (Å²) < 4.78 is 0.920. The zero-order valence-corrected chi connectivity index (χ0v) is 16.0. The lowest BCUT2D eigenvalue weighted by Crippen LogP contribution is -2.27. The third-order valence-electron chi connectivity index (χ3n) is 4.73. The topological polar surface area (TPSA) is 118 Å². The Morgan fingerprint density at radius 3 is 2.32 bits per heavy atom. The predicted molar refractivity (Wildman–Crippen MR) is 106 cm³/mol. The number of primary amides is 1. The Bertz CT molecular complexity index is 1120. The van der Waals surface area contributed by atoms with Gasteiger partial charge in [-0.15, -0.1) is 0 Å². The SMILES string of the molecule is CC1=NN(c2ccc(C)cc2)C(=O)C1=Cc1c(C)c(C(N)=O)c(O)n(C)c1=O. The van der Waals surface area contributed by atoms with Crippen molar-refractivity contribution in [2.75, 3.05) is 5.01 Å². The zero-order chi connectivity index (χ0) is 20.7. The highest BCUT2D eigenvalue weighted by atomic mass is 16.3. The van der Waals surface area contributed by atoms with Crippen LogP contribution in [0.4, 0.5) is 5.69 Å². The minimum Gasteiger partial charge on any atom is -0.494 e. The number of aromatic nitrogens is 1. The van der Waals surface area contributed by atoms with E-state index in [1.165, 1.54) is 25.1 Å². The number of carbonyl (C=O) groups is 2. The van der Waals surface area contributed by atoms with Crippen molar-refractivity contribution in [2.45, 2.75) is 20.8 Å². The number of aromatic hydroxyl groups is 1. The molecule has 0 bridgehead atoms. The standard InChI is InChI=1S/C20H20N4O4/c1-10-5-7-13(8-6-10)24-19(27)15(12(3)22-24)9-14-11(2)16(17(21)25)20(28)23(4)18(14)26/h5-9,28H,1-4H3,(H2,21,25). The molecule has 8 nitrogen and oxygen atoms in total. The number of amides is 2. The Morgan fingerprint density at radius 2 is 1.75 bits per heavy atom. The smallest absolute Gasteiger partial charge is 0.280 e. The number of nitrogens with two attached hydrogens (primary N) is 1. The monoisotopic (exact) mass is 380 g/mol. The summed E-state index contributed by atoms with van der Waals surface area (Å²) in [6.45, 7) is 5.10. The molecule has 0 atom stereocenters. The van der Waals surface area contributed by atoms with Gasteiger partial charge in [-0.2, -0.15) is 10.1 Å². The van der Waals surface area contributed by atoms with E-state index in [2.05, 4.69) is 5.10 Å². The number of hydrazone groups is 1. The summed E-state index contributed by atoms with van der Waals surface area (Å²) in [6, 6.07) is 7.30. The number of benzene rings is 1. The van der Waals surface area contributed by atoms with E-state index in [1.54, 1.807) is 19.1 Å². The van der Waals surface area contributed by atoms with Crippen molar-refractivity contribution in [3.05, 3.63) is 62.4 Å². The molecule has 0 saturated carbocycles. The molecule has 2 aromatic rings. The van der Waals surface area contributed by atoms with E-state index in [4.69, 9.17) is 5.73 Å². The van der Waals surface area contributed by atoms with E-state index in [9.17, 15) is 19.5 Å². The van der Waals surface area contributed by atoms with Crippen LogP contribution in [0.15, 0.2) is 39.7 Å². The van der Waals surface area contributed by atoms with Crippen molar-refractivity contribution >= 4 is 29.3 Å². The van der Waals surface area contributed by atoms with Crippen molar-refractivity contribution < 1.29 is 14.7 Å². The Hall–Kier alpha value is -3.68.